The third-order valence-corrected chi connectivity index (χ3v) is 4.60. The first-order chi connectivity index (χ1) is 5.34. The molecule has 0 aliphatic heterocycles. The van der Waals surface area contributed by atoms with Gasteiger partial charge in [-0.3, -0.25) is 0 Å². The predicted octanol–water partition coefficient (Wildman–Crippen LogP) is 3.73. The van der Waals surface area contributed by atoms with Crippen molar-refractivity contribution in [3.05, 3.63) is 11.0 Å². The Labute approximate surface area is 71.8 Å². The topological polar surface area (TPSA) is 12.9 Å². The minimum atomic E-state index is 0.804. The SMILES string of the molecule is CCCCCc1p[pH]nc1C. The second-order valence-corrected chi connectivity index (χ2v) is 5.27. The van der Waals surface area contributed by atoms with E-state index in [0.29, 0.717) is 0 Å². The molecule has 0 saturated carbocycles. The van der Waals surface area contributed by atoms with Crippen molar-refractivity contribution in [2.24, 2.45) is 0 Å². The molecule has 62 valence electrons. The maximum absolute atomic E-state index is 4.39. The van der Waals surface area contributed by atoms with Crippen LogP contribution in [-0.4, -0.2) is 4.75 Å². The van der Waals surface area contributed by atoms with Gasteiger partial charge in [0.25, 0.3) is 0 Å². The highest BCUT2D eigenvalue weighted by Gasteiger charge is 1.98. The number of rotatable bonds is 4. The molecule has 1 atom stereocenters. The lowest BCUT2D eigenvalue weighted by Crippen LogP contribution is -1.83. The van der Waals surface area contributed by atoms with Crippen LogP contribution in [0.2, 0.25) is 0 Å². The van der Waals surface area contributed by atoms with Crippen molar-refractivity contribution in [3.8, 4) is 0 Å². The molecule has 0 spiro atoms. The van der Waals surface area contributed by atoms with Crippen molar-refractivity contribution in [1.29, 1.82) is 0 Å². The van der Waals surface area contributed by atoms with Gasteiger partial charge >= 0.3 is 0 Å². The van der Waals surface area contributed by atoms with E-state index in [1.807, 2.05) is 0 Å². The molecule has 0 saturated heterocycles. The summed E-state index contributed by atoms with van der Waals surface area (Å²) in [5.74, 6) is 0. The minimum Gasteiger partial charge on any atom is -0.241 e. The largest absolute Gasteiger partial charge is 0.241 e. The Kier molecular flexibility index (Phi) is 4.12. The van der Waals surface area contributed by atoms with E-state index >= 15 is 0 Å². The van der Waals surface area contributed by atoms with Gasteiger partial charge in [-0.05, 0) is 35.7 Å². The molecule has 0 aliphatic rings. The van der Waals surface area contributed by atoms with Gasteiger partial charge in [0, 0.05) is 11.0 Å². The fourth-order valence-corrected chi connectivity index (χ4v) is 3.90. The normalized spacial score (nSPS) is 11.8. The van der Waals surface area contributed by atoms with Gasteiger partial charge in [-0.15, -0.1) is 0 Å². The Balaban J connectivity index is 2.32. The van der Waals surface area contributed by atoms with E-state index in [-0.39, 0.29) is 0 Å². The number of hydrogen-bond donors (Lipinski definition) is 0. The number of unbranched alkanes of at least 4 members (excludes halogenated alkanes) is 2. The summed E-state index contributed by atoms with van der Waals surface area (Å²) in [6.45, 7) is 4.40. The van der Waals surface area contributed by atoms with Crippen LogP contribution in [-0.2, 0) is 6.42 Å². The van der Waals surface area contributed by atoms with Crippen LogP contribution in [0.5, 0.6) is 0 Å². The lowest BCUT2D eigenvalue weighted by atomic mass is 10.2. The Morgan fingerprint density at radius 3 is 2.82 bits per heavy atom. The van der Waals surface area contributed by atoms with Crippen LogP contribution in [0.3, 0.4) is 0 Å². The summed E-state index contributed by atoms with van der Waals surface area (Å²) in [7, 11) is 2.29. The Hall–Kier alpha value is 0.140. The lowest BCUT2D eigenvalue weighted by molar-refractivity contribution is 0.720. The van der Waals surface area contributed by atoms with Gasteiger partial charge in [-0.2, -0.15) is 0 Å². The van der Waals surface area contributed by atoms with Crippen LogP contribution in [0.25, 0.3) is 0 Å². The van der Waals surface area contributed by atoms with Crippen molar-refractivity contribution >= 4 is 15.9 Å². The zero-order chi connectivity index (χ0) is 8.10. The molecule has 1 aromatic heterocycles. The molecule has 1 aromatic rings. The first-order valence-corrected chi connectivity index (χ1v) is 6.89. The average Bonchev–Trinajstić information content (AvgIpc) is 2.37. The van der Waals surface area contributed by atoms with E-state index in [0.717, 1.165) is 8.03 Å². The van der Waals surface area contributed by atoms with E-state index in [1.54, 1.807) is 5.30 Å². The van der Waals surface area contributed by atoms with E-state index < -0.39 is 0 Å². The molecule has 0 fully saturated rings. The van der Waals surface area contributed by atoms with E-state index in [9.17, 15) is 0 Å². The van der Waals surface area contributed by atoms with Crippen molar-refractivity contribution < 1.29 is 0 Å². The van der Waals surface area contributed by atoms with Gasteiger partial charge in [-0.25, -0.2) is 4.75 Å². The highest BCUT2D eigenvalue weighted by atomic mass is 31.8. The van der Waals surface area contributed by atoms with Gasteiger partial charge in [-0.1, -0.05) is 19.8 Å². The first kappa shape index (κ1) is 9.23. The van der Waals surface area contributed by atoms with Gasteiger partial charge in [0.1, 0.15) is 0 Å². The Morgan fingerprint density at radius 2 is 2.27 bits per heavy atom. The van der Waals surface area contributed by atoms with Crippen molar-refractivity contribution in [1.82, 2.24) is 4.75 Å². The third kappa shape index (κ3) is 2.93. The van der Waals surface area contributed by atoms with Crippen molar-refractivity contribution in [2.75, 3.05) is 0 Å². The minimum absolute atomic E-state index is 0.804. The quantitative estimate of drug-likeness (QED) is 0.654. The smallest absolute Gasteiger partial charge is 0.0495 e. The van der Waals surface area contributed by atoms with E-state index in [2.05, 4.69) is 18.6 Å². The van der Waals surface area contributed by atoms with Crippen LogP contribution in [0.1, 0.15) is 37.2 Å². The fraction of sp³-hybridized carbons (Fsp3) is 0.750. The lowest BCUT2D eigenvalue weighted by Gasteiger charge is -1.96. The number of nitrogens with zero attached hydrogens (tertiary/aromatic N) is 1. The molecule has 0 aliphatic carbocycles. The molecular weight excluding hydrogens is 172 g/mol. The summed E-state index contributed by atoms with van der Waals surface area (Å²) in [6.07, 6.45) is 5.34. The Morgan fingerprint density at radius 1 is 1.45 bits per heavy atom. The summed E-state index contributed by atoms with van der Waals surface area (Å²) in [5, 5.41) is 1.59. The maximum atomic E-state index is 4.39. The molecule has 1 nitrogen and oxygen atoms in total. The highest BCUT2D eigenvalue weighted by molar-refractivity contribution is 7.89. The molecule has 11 heavy (non-hydrogen) atoms. The molecule has 0 N–H and O–H groups in total. The van der Waals surface area contributed by atoms with Gasteiger partial charge in [0.2, 0.25) is 0 Å². The van der Waals surface area contributed by atoms with E-state index in [4.69, 9.17) is 0 Å². The molecule has 1 heterocycles. The molecule has 0 radical (unpaired) electrons. The molecule has 0 bridgehead atoms. The highest BCUT2D eigenvalue weighted by Crippen LogP contribution is 2.28. The molecule has 0 amide bonds. The summed E-state index contributed by atoms with van der Waals surface area (Å²) < 4.78 is 4.39. The summed E-state index contributed by atoms with van der Waals surface area (Å²) in [6, 6.07) is 0. The van der Waals surface area contributed by atoms with Crippen LogP contribution in [0, 0.1) is 6.92 Å². The molecular formula is C8H15NP2. The monoisotopic (exact) mass is 187 g/mol. The van der Waals surface area contributed by atoms with Gasteiger partial charge < -0.3 is 0 Å². The first-order valence-electron chi connectivity index (χ1n) is 4.21. The number of aromatic nitrogens is 1. The number of hydrogen-bond acceptors (Lipinski definition) is 1. The Bertz CT molecular complexity index is 208. The molecule has 0 aromatic carbocycles. The third-order valence-electron chi connectivity index (χ3n) is 1.84. The average molecular weight is 187 g/mol. The maximum Gasteiger partial charge on any atom is 0.0495 e. The zero-order valence-electron chi connectivity index (χ0n) is 7.22. The standard InChI is InChI=1S/C8H15NP2/c1-3-4-5-6-8-7(2)9-11-10-8/h11H,3-6H2,1-2H3. The van der Waals surface area contributed by atoms with E-state index in [1.165, 1.54) is 39.2 Å². The molecule has 1 rings (SSSR count). The van der Waals surface area contributed by atoms with Crippen LogP contribution in [0.15, 0.2) is 0 Å². The predicted molar refractivity (Wildman–Crippen MR) is 54.2 cm³/mol. The molecule has 3 heteroatoms. The summed E-state index contributed by atoms with van der Waals surface area (Å²) >= 11 is 0. The molecule has 1 unspecified atom stereocenters. The fourth-order valence-electron chi connectivity index (χ4n) is 1.09. The van der Waals surface area contributed by atoms with Crippen LogP contribution >= 0.6 is 15.9 Å². The van der Waals surface area contributed by atoms with Gasteiger partial charge in [0.05, 0.1) is 0 Å². The van der Waals surface area contributed by atoms with Crippen molar-refractivity contribution in [3.63, 3.8) is 0 Å². The summed E-state index contributed by atoms with van der Waals surface area (Å²) in [5.41, 5.74) is 1.32. The van der Waals surface area contributed by atoms with Crippen LogP contribution in [0.4, 0.5) is 0 Å². The zero-order valence-corrected chi connectivity index (χ0v) is 9.12. The van der Waals surface area contributed by atoms with Crippen molar-refractivity contribution in [2.45, 2.75) is 39.5 Å². The van der Waals surface area contributed by atoms with Crippen LogP contribution < -0.4 is 0 Å². The van der Waals surface area contributed by atoms with Gasteiger partial charge in [0.15, 0.2) is 0 Å². The second-order valence-electron chi connectivity index (χ2n) is 2.81. The second kappa shape index (κ2) is 4.91. The summed E-state index contributed by atoms with van der Waals surface area (Å²) in [4.78, 5) is 0. The number of aryl methyl sites for hydroxylation is 2.